The van der Waals surface area contributed by atoms with Crippen LogP contribution in [0.3, 0.4) is 0 Å². The fourth-order valence-electron chi connectivity index (χ4n) is 2.48. The Kier molecular flexibility index (Phi) is 2.97. The van der Waals surface area contributed by atoms with E-state index in [-0.39, 0.29) is 0 Å². The van der Waals surface area contributed by atoms with Crippen LogP contribution >= 0.6 is 22.9 Å². The fraction of sp³-hybridized carbons (Fsp3) is 0.462. The molecule has 1 saturated carbocycles. The third kappa shape index (κ3) is 2.40. The maximum Gasteiger partial charge on any atom is 0.184 e. The number of thiazole rings is 1. The summed E-state index contributed by atoms with van der Waals surface area (Å²) in [7, 11) is 0. The summed E-state index contributed by atoms with van der Waals surface area (Å²) in [6.45, 7) is 2.32. The van der Waals surface area contributed by atoms with E-state index in [1.807, 2.05) is 18.2 Å². The van der Waals surface area contributed by atoms with Crippen LogP contribution in [0.2, 0.25) is 5.02 Å². The van der Waals surface area contributed by atoms with Crippen molar-refractivity contribution in [3.8, 4) is 0 Å². The molecule has 0 saturated heterocycles. The lowest BCUT2D eigenvalue weighted by atomic mass is 10.1. The zero-order valence-electron chi connectivity index (χ0n) is 9.74. The number of halogens is 1. The molecule has 0 aliphatic heterocycles. The molecule has 1 fully saturated rings. The van der Waals surface area contributed by atoms with Gasteiger partial charge in [-0.15, -0.1) is 0 Å². The van der Waals surface area contributed by atoms with Crippen molar-refractivity contribution < 1.29 is 0 Å². The smallest absolute Gasteiger partial charge is 0.184 e. The lowest BCUT2D eigenvalue weighted by Crippen LogP contribution is -2.14. The summed E-state index contributed by atoms with van der Waals surface area (Å²) in [4.78, 5) is 4.59. The number of aromatic nitrogens is 1. The number of hydrogen-bond acceptors (Lipinski definition) is 3. The van der Waals surface area contributed by atoms with Crippen molar-refractivity contribution >= 4 is 38.3 Å². The molecule has 0 spiro atoms. The van der Waals surface area contributed by atoms with Crippen LogP contribution in [-0.2, 0) is 0 Å². The second-order valence-corrected chi connectivity index (χ2v) is 6.36. The summed E-state index contributed by atoms with van der Waals surface area (Å²) < 4.78 is 1.20. The van der Waals surface area contributed by atoms with Gasteiger partial charge in [0.05, 0.1) is 10.2 Å². The van der Waals surface area contributed by atoms with Crippen LogP contribution in [0.1, 0.15) is 26.2 Å². The average molecular weight is 267 g/mol. The lowest BCUT2D eigenvalue weighted by Gasteiger charge is -2.10. The van der Waals surface area contributed by atoms with Crippen molar-refractivity contribution in [3.63, 3.8) is 0 Å². The highest BCUT2D eigenvalue weighted by Gasteiger charge is 2.21. The van der Waals surface area contributed by atoms with Crippen LogP contribution in [0, 0.1) is 5.92 Å². The number of benzene rings is 1. The van der Waals surface area contributed by atoms with Crippen molar-refractivity contribution in [2.24, 2.45) is 5.92 Å². The molecule has 1 aromatic carbocycles. The molecular weight excluding hydrogens is 252 g/mol. The summed E-state index contributed by atoms with van der Waals surface area (Å²) in [5.41, 5.74) is 0.996. The van der Waals surface area contributed by atoms with Gasteiger partial charge in [0.2, 0.25) is 0 Å². The van der Waals surface area contributed by atoms with Gasteiger partial charge in [-0.25, -0.2) is 4.98 Å². The summed E-state index contributed by atoms with van der Waals surface area (Å²) in [5.74, 6) is 0.844. The second kappa shape index (κ2) is 4.46. The third-order valence-corrected chi connectivity index (χ3v) is 4.57. The van der Waals surface area contributed by atoms with Crippen molar-refractivity contribution in [3.05, 3.63) is 23.2 Å². The molecule has 0 radical (unpaired) electrons. The quantitative estimate of drug-likeness (QED) is 0.863. The Morgan fingerprint density at radius 2 is 2.29 bits per heavy atom. The van der Waals surface area contributed by atoms with Gasteiger partial charge in [-0.05, 0) is 43.4 Å². The zero-order chi connectivity index (χ0) is 11.8. The third-order valence-electron chi connectivity index (χ3n) is 3.37. The van der Waals surface area contributed by atoms with E-state index in [4.69, 9.17) is 11.6 Å². The van der Waals surface area contributed by atoms with E-state index in [1.54, 1.807) is 11.3 Å². The Labute approximate surface area is 110 Å². The number of nitrogens with zero attached hydrogens (tertiary/aromatic N) is 1. The normalized spacial score (nSPS) is 24.4. The molecule has 1 aliphatic rings. The van der Waals surface area contributed by atoms with Crippen LogP contribution in [0.5, 0.6) is 0 Å². The Morgan fingerprint density at radius 1 is 1.41 bits per heavy atom. The molecule has 0 amide bonds. The van der Waals surface area contributed by atoms with Crippen molar-refractivity contribution in [2.75, 3.05) is 5.32 Å². The number of rotatable bonds is 2. The molecule has 3 rings (SSSR count). The minimum atomic E-state index is 0.598. The van der Waals surface area contributed by atoms with Gasteiger partial charge in [-0.3, -0.25) is 0 Å². The van der Waals surface area contributed by atoms with Gasteiger partial charge in [0, 0.05) is 11.1 Å². The fourth-order valence-corrected chi connectivity index (χ4v) is 3.56. The van der Waals surface area contributed by atoms with Gasteiger partial charge in [-0.2, -0.15) is 0 Å². The van der Waals surface area contributed by atoms with Crippen LogP contribution in [0.4, 0.5) is 5.13 Å². The molecule has 2 aromatic rings. The SMILES string of the molecule is CC1CCC(Nc2nc3cc(Cl)ccc3s2)C1. The molecule has 1 heterocycles. The highest BCUT2D eigenvalue weighted by molar-refractivity contribution is 7.22. The number of fused-ring (bicyclic) bond motifs is 1. The first-order valence-corrected chi connectivity index (χ1v) is 7.23. The van der Waals surface area contributed by atoms with Crippen LogP contribution < -0.4 is 5.32 Å². The van der Waals surface area contributed by atoms with E-state index < -0.39 is 0 Å². The van der Waals surface area contributed by atoms with Gasteiger partial charge < -0.3 is 5.32 Å². The highest BCUT2D eigenvalue weighted by atomic mass is 35.5. The first-order valence-electron chi connectivity index (χ1n) is 6.03. The van der Waals surface area contributed by atoms with E-state index >= 15 is 0 Å². The standard InChI is InChI=1S/C13H15ClN2S/c1-8-2-4-10(6-8)15-13-16-11-7-9(14)3-5-12(11)17-13/h3,5,7-8,10H,2,4,6H2,1H3,(H,15,16). The molecule has 90 valence electrons. The number of hydrogen-bond donors (Lipinski definition) is 1. The summed E-state index contributed by atoms with van der Waals surface area (Å²) in [6.07, 6.45) is 3.85. The largest absolute Gasteiger partial charge is 0.359 e. The highest BCUT2D eigenvalue weighted by Crippen LogP contribution is 2.32. The molecule has 1 aromatic heterocycles. The molecular formula is C13H15ClN2S. The van der Waals surface area contributed by atoms with E-state index in [1.165, 1.54) is 24.0 Å². The second-order valence-electron chi connectivity index (χ2n) is 4.89. The predicted molar refractivity (Wildman–Crippen MR) is 75.1 cm³/mol. The summed E-state index contributed by atoms with van der Waals surface area (Å²) in [6, 6.07) is 6.48. The molecule has 0 bridgehead atoms. The molecule has 1 N–H and O–H groups in total. The number of anilines is 1. The maximum absolute atomic E-state index is 5.96. The topological polar surface area (TPSA) is 24.9 Å². The van der Waals surface area contributed by atoms with Crippen LogP contribution in [-0.4, -0.2) is 11.0 Å². The van der Waals surface area contributed by atoms with Gasteiger partial charge in [0.15, 0.2) is 5.13 Å². The van der Waals surface area contributed by atoms with Gasteiger partial charge in [0.25, 0.3) is 0 Å². The molecule has 4 heteroatoms. The van der Waals surface area contributed by atoms with Gasteiger partial charge in [0.1, 0.15) is 0 Å². The minimum Gasteiger partial charge on any atom is -0.359 e. The maximum atomic E-state index is 5.96. The predicted octanol–water partition coefficient (Wildman–Crippen LogP) is 4.55. The number of nitrogens with one attached hydrogen (secondary N) is 1. The van der Waals surface area contributed by atoms with Crippen LogP contribution in [0.15, 0.2) is 18.2 Å². The van der Waals surface area contributed by atoms with E-state index in [2.05, 4.69) is 17.2 Å². The Balaban J connectivity index is 1.81. The van der Waals surface area contributed by atoms with Crippen molar-refractivity contribution in [1.82, 2.24) is 4.98 Å². The summed E-state index contributed by atoms with van der Waals surface area (Å²) >= 11 is 7.67. The molecule has 2 nitrogen and oxygen atoms in total. The molecule has 2 atom stereocenters. The average Bonchev–Trinajstić information content (AvgIpc) is 2.84. The summed E-state index contributed by atoms with van der Waals surface area (Å²) in [5, 5.41) is 5.33. The molecule has 17 heavy (non-hydrogen) atoms. The van der Waals surface area contributed by atoms with Crippen molar-refractivity contribution in [2.45, 2.75) is 32.2 Å². The van der Waals surface area contributed by atoms with E-state index in [9.17, 15) is 0 Å². The van der Waals surface area contributed by atoms with E-state index in [0.29, 0.717) is 6.04 Å². The molecule has 1 aliphatic carbocycles. The van der Waals surface area contributed by atoms with Gasteiger partial charge >= 0.3 is 0 Å². The Bertz CT molecular complexity index is 537. The first kappa shape index (κ1) is 11.3. The molecule has 2 unspecified atom stereocenters. The van der Waals surface area contributed by atoms with Crippen LogP contribution in [0.25, 0.3) is 10.2 Å². The zero-order valence-corrected chi connectivity index (χ0v) is 11.3. The Morgan fingerprint density at radius 3 is 3.06 bits per heavy atom. The van der Waals surface area contributed by atoms with Crippen molar-refractivity contribution in [1.29, 1.82) is 0 Å². The lowest BCUT2D eigenvalue weighted by molar-refractivity contribution is 0.602. The Hall–Kier alpha value is -0.800. The first-order chi connectivity index (χ1) is 8.20. The monoisotopic (exact) mass is 266 g/mol. The van der Waals surface area contributed by atoms with E-state index in [0.717, 1.165) is 21.6 Å². The van der Waals surface area contributed by atoms with Gasteiger partial charge in [-0.1, -0.05) is 29.9 Å². The minimum absolute atomic E-state index is 0.598.